The Morgan fingerprint density at radius 3 is 2.25 bits per heavy atom. The lowest BCUT2D eigenvalue weighted by Gasteiger charge is -2.23. The van der Waals surface area contributed by atoms with E-state index in [0.29, 0.717) is 11.8 Å². The largest absolute Gasteiger partial charge is 0.465 e. The maximum atomic E-state index is 5.91. The Morgan fingerprint density at radius 2 is 1.67 bits per heavy atom. The minimum Gasteiger partial charge on any atom is -0.465 e. The highest BCUT2D eigenvalue weighted by molar-refractivity contribution is 5.29. The van der Waals surface area contributed by atoms with E-state index in [1.165, 1.54) is 50.5 Å². The quantitative estimate of drug-likeness (QED) is 0.477. The van der Waals surface area contributed by atoms with Crippen LogP contribution in [0.1, 0.15) is 84.1 Å². The molecule has 1 aliphatic rings. The van der Waals surface area contributed by atoms with Gasteiger partial charge in [-0.15, -0.1) is 0 Å². The van der Waals surface area contributed by atoms with E-state index in [2.05, 4.69) is 45.0 Å². The minimum atomic E-state index is -0.175. The zero-order chi connectivity index (χ0) is 17.4. The van der Waals surface area contributed by atoms with Crippen LogP contribution in [0.15, 0.2) is 24.3 Å². The van der Waals surface area contributed by atoms with E-state index in [1.807, 2.05) is 6.92 Å². The van der Waals surface area contributed by atoms with Gasteiger partial charge in [-0.1, -0.05) is 65.0 Å². The summed E-state index contributed by atoms with van der Waals surface area (Å²) in [6, 6.07) is 8.58. The zero-order valence-corrected chi connectivity index (χ0v) is 16.1. The Bertz CT molecular complexity index is 446. The van der Waals surface area contributed by atoms with Crippen LogP contribution in [-0.4, -0.2) is 12.9 Å². The molecule has 0 N–H and O–H groups in total. The zero-order valence-electron chi connectivity index (χ0n) is 16.1. The highest BCUT2D eigenvalue weighted by atomic mass is 16.7. The minimum absolute atomic E-state index is 0.175. The number of rotatable bonds is 9. The van der Waals surface area contributed by atoms with E-state index in [-0.39, 0.29) is 6.29 Å². The van der Waals surface area contributed by atoms with Crippen molar-refractivity contribution in [2.75, 3.05) is 6.61 Å². The lowest BCUT2D eigenvalue weighted by Crippen LogP contribution is -2.19. The van der Waals surface area contributed by atoms with Gasteiger partial charge in [0.1, 0.15) is 5.75 Å². The first-order valence-electron chi connectivity index (χ1n) is 9.98. The molecule has 1 aromatic rings. The first-order valence-corrected chi connectivity index (χ1v) is 9.98. The molecule has 0 saturated heterocycles. The summed E-state index contributed by atoms with van der Waals surface area (Å²) in [5, 5.41) is 0. The van der Waals surface area contributed by atoms with E-state index in [1.54, 1.807) is 0 Å². The number of hydrogen-bond acceptors (Lipinski definition) is 2. The van der Waals surface area contributed by atoms with Gasteiger partial charge >= 0.3 is 0 Å². The predicted molar refractivity (Wildman–Crippen MR) is 102 cm³/mol. The average Bonchev–Trinajstić information content (AvgIpc) is 2.58. The fourth-order valence-electron chi connectivity index (χ4n) is 3.99. The molecule has 2 atom stereocenters. The van der Waals surface area contributed by atoms with Crippen LogP contribution in [0.5, 0.6) is 5.75 Å². The SMILES string of the molecule is CCC(c1ccc(OC(C)OCCC2CCCCC2)cc1)C(C)C. The molecule has 0 radical (unpaired) electrons. The Labute approximate surface area is 148 Å². The predicted octanol–water partition coefficient (Wildman–Crippen LogP) is 6.55. The van der Waals surface area contributed by atoms with Crippen LogP contribution in [0.25, 0.3) is 0 Å². The molecule has 2 heteroatoms. The molecular formula is C22H36O2. The second-order valence-electron chi connectivity index (χ2n) is 7.68. The van der Waals surface area contributed by atoms with Gasteiger partial charge in [0, 0.05) is 0 Å². The summed E-state index contributed by atoms with van der Waals surface area (Å²) in [5.74, 6) is 3.07. The molecule has 0 spiro atoms. The average molecular weight is 333 g/mol. The van der Waals surface area contributed by atoms with Crippen LogP contribution in [-0.2, 0) is 4.74 Å². The summed E-state index contributed by atoms with van der Waals surface area (Å²) in [7, 11) is 0. The van der Waals surface area contributed by atoms with Crippen molar-refractivity contribution in [1.82, 2.24) is 0 Å². The molecule has 0 aliphatic heterocycles. The van der Waals surface area contributed by atoms with Crippen LogP contribution >= 0.6 is 0 Å². The molecule has 0 amide bonds. The summed E-state index contributed by atoms with van der Waals surface area (Å²) in [5.41, 5.74) is 1.41. The van der Waals surface area contributed by atoms with E-state index in [4.69, 9.17) is 9.47 Å². The highest BCUT2D eigenvalue weighted by Crippen LogP contribution is 2.29. The number of hydrogen-bond donors (Lipinski definition) is 0. The molecule has 0 aromatic heterocycles. The summed E-state index contributed by atoms with van der Waals surface area (Å²) in [6.45, 7) is 9.66. The van der Waals surface area contributed by atoms with Crippen LogP contribution in [0, 0.1) is 11.8 Å². The smallest absolute Gasteiger partial charge is 0.196 e. The first kappa shape index (κ1) is 19.3. The fourth-order valence-corrected chi connectivity index (χ4v) is 3.99. The van der Waals surface area contributed by atoms with Crippen molar-refractivity contribution in [2.45, 2.75) is 84.8 Å². The van der Waals surface area contributed by atoms with Crippen molar-refractivity contribution in [3.8, 4) is 5.75 Å². The molecule has 24 heavy (non-hydrogen) atoms. The number of ether oxygens (including phenoxy) is 2. The van der Waals surface area contributed by atoms with Crippen molar-refractivity contribution in [2.24, 2.45) is 11.8 Å². The molecule has 1 saturated carbocycles. The Balaban J connectivity index is 1.73. The Hall–Kier alpha value is -1.02. The molecule has 2 rings (SSSR count). The lowest BCUT2D eigenvalue weighted by molar-refractivity contribution is -0.0711. The third-order valence-corrected chi connectivity index (χ3v) is 5.46. The second-order valence-corrected chi connectivity index (χ2v) is 7.68. The van der Waals surface area contributed by atoms with Crippen molar-refractivity contribution < 1.29 is 9.47 Å². The van der Waals surface area contributed by atoms with Crippen LogP contribution < -0.4 is 4.74 Å². The molecule has 1 aliphatic carbocycles. The summed E-state index contributed by atoms with van der Waals surface area (Å²) in [6.07, 6.45) is 9.17. The van der Waals surface area contributed by atoms with Crippen LogP contribution in [0.2, 0.25) is 0 Å². The topological polar surface area (TPSA) is 18.5 Å². The Kier molecular flexibility index (Phi) is 8.11. The third-order valence-electron chi connectivity index (χ3n) is 5.46. The van der Waals surface area contributed by atoms with Crippen molar-refractivity contribution in [3.05, 3.63) is 29.8 Å². The van der Waals surface area contributed by atoms with Crippen LogP contribution in [0.3, 0.4) is 0 Å². The van der Waals surface area contributed by atoms with Gasteiger partial charge in [0.05, 0.1) is 6.61 Å². The summed E-state index contributed by atoms with van der Waals surface area (Å²) < 4.78 is 11.8. The van der Waals surface area contributed by atoms with Crippen molar-refractivity contribution in [1.29, 1.82) is 0 Å². The molecule has 0 heterocycles. The lowest BCUT2D eigenvalue weighted by atomic mass is 9.86. The number of benzene rings is 1. The van der Waals surface area contributed by atoms with Gasteiger partial charge in [-0.2, -0.15) is 0 Å². The molecule has 2 nitrogen and oxygen atoms in total. The van der Waals surface area contributed by atoms with Gasteiger partial charge in [0.25, 0.3) is 0 Å². The van der Waals surface area contributed by atoms with E-state index in [9.17, 15) is 0 Å². The van der Waals surface area contributed by atoms with Gasteiger partial charge in [-0.05, 0) is 55.2 Å². The first-order chi connectivity index (χ1) is 11.6. The van der Waals surface area contributed by atoms with E-state index < -0.39 is 0 Å². The monoisotopic (exact) mass is 332 g/mol. The molecule has 1 fully saturated rings. The summed E-state index contributed by atoms with van der Waals surface area (Å²) >= 11 is 0. The van der Waals surface area contributed by atoms with E-state index in [0.717, 1.165) is 18.3 Å². The third kappa shape index (κ3) is 6.12. The molecule has 2 unspecified atom stereocenters. The van der Waals surface area contributed by atoms with Gasteiger partial charge < -0.3 is 9.47 Å². The molecule has 136 valence electrons. The van der Waals surface area contributed by atoms with Crippen molar-refractivity contribution >= 4 is 0 Å². The van der Waals surface area contributed by atoms with Crippen molar-refractivity contribution in [3.63, 3.8) is 0 Å². The van der Waals surface area contributed by atoms with Gasteiger partial charge in [0.2, 0.25) is 0 Å². The van der Waals surface area contributed by atoms with Gasteiger partial charge in [-0.3, -0.25) is 0 Å². The normalized spacial score (nSPS) is 18.5. The fraction of sp³-hybridized carbons (Fsp3) is 0.727. The molecule has 0 bridgehead atoms. The van der Waals surface area contributed by atoms with Gasteiger partial charge in [-0.25, -0.2) is 0 Å². The van der Waals surface area contributed by atoms with E-state index >= 15 is 0 Å². The molecular weight excluding hydrogens is 296 g/mol. The van der Waals surface area contributed by atoms with Crippen LogP contribution in [0.4, 0.5) is 0 Å². The summed E-state index contributed by atoms with van der Waals surface area (Å²) in [4.78, 5) is 0. The molecule has 1 aromatic carbocycles. The highest BCUT2D eigenvalue weighted by Gasteiger charge is 2.15. The second kappa shape index (κ2) is 10.1. The maximum Gasteiger partial charge on any atom is 0.196 e. The van der Waals surface area contributed by atoms with Gasteiger partial charge in [0.15, 0.2) is 6.29 Å². The maximum absolute atomic E-state index is 5.91. The standard InChI is InChI=1S/C22H36O2/c1-5-22(17(2)3)20-11-13-21(14-12-20)24-18(4)23-16-15-19-9-7-6-8-10-19/h11-14,17-19,22H,5-10,15-16H2,1-4H3. The Morgan fingerprint density at radius 1 is 1.00 bits per heavy atom.